The first kappa shape index (κ1) is 24.4. The van der Waals surface area contributed by atoms with Gasteiger partial charge in [0.15, 0.2) is 0 Å². The van der Waals surface area contributed by atoms with E-state index in [4.69, 9.17) is 0 Å². The highest BCUT2D eigenvalue weighted by Gasteiger charge is 2.63. The number of aromatic amines is 1. The molecule has 3 fully saturated rings. The summed E-state index contributed by atoms with van der Waals surface area (Å²) >= 11 is 0. The van der Waals surface area contributed by atoms with Gasteiger partial charge in [0, 0.05) is 31.0 Å². The normalized spacial score (nSPS) is 27.1. The quantitative estimate of drug-likeness (QED) is 0.572. The highest BCUT2D eigenvalue weighted by atomic mass is 32.2. The first-order valence-corrected chi connectivity index (χ1v) is 12.7. The van der Waals surface area contributed by atoms with Crippen LogP contribution in [-0.4, -0.2) is 40.8 Å². The summed E-state index contributed by atoms with van der Waals surface area (Å²) < 4.78 is 108. The molecular weight excluding hydrogens is 498 g/mol. The van der Waals surface area contributed by atoms with Crippen molar-refractivity contribution in [1.29, 1.82) is 0 Å². The second-order valence-electron chi connectivity index (χ2n) is 9.75. The molecule has 0 spiro atoms. The van der Waals surface area contributed by atoms with Crippen LogP contribution in [0.25, 0.3) is 0 Å². The molecule has 1 N–H and O–H groups in total. The Morgan fingerprint density at radius 2 is 1.83 bits per heavy atom. The summed E-state index contributed by atoms with van der Waals surface area (Å²) in [4.78, 5) is 8.72. The number of fused-ring (bicyclic) bond motifs is 1. The highest BCUT2D eigenvalue weighted by Crippen LogP contribution is 2.68. The molecular formula is C22H24F6N4O2S. The van der Waals surface area contributed by atoms with Crippen molar-refractivity contribution >= 4 is 15.7 Å². The van der Waals surface area contributed by atoms with Crippen molar-refractivity contribution in [2.75, 3.05) is 11.4 Å². The van der Waals surface area contributed by atoms with Crippen LogP contribution in [0.2, 0.25) is 0 Å². The zero-order valence-corrected chi connectivity index (χ0v) is 19.6. The second-order valence-corrected chi connectivity index (χ2v) is 11.7. The van der Waals surface area contributed by atoms with E-state index in [0.717, 1.165) is 25.3 Å². The van der Waals surface area contributed by atoms with E-state index in [1.807, 2.05) is 0 Å². The average molecular weight is 523 g/mol. The predicted octanol–water partition coefficient (Wildman–Crippen LogP) is 4.83. The van der Waals surface area contributed by atoms with Crippen LogP contribution in [0.4, 0.5) is 32.0 Å². The molecule has 6 nitrogen and oxygen atoms in total. The molecule has 13 heteroatoms. The first-order valence-electron chi connectivity index (χ1n) is 11.3. The van der Waals surface area contributed by atoms with Crippen LogP contribution < -0.4 is 4.90 Å². The summed E-state index contributed by atoms with van der Waals surface area (Å²) in [7, 11) is -5.78. The van der Waals surface area contributed by atoms with Crippen molar-refractivity contribution in [1.82, 2.24) is 14.3 Å². The second kappa shape index (κ2) is 7.86. The molecule has 2 aromatic rings. The first-order chi connectivity index (χ1) is 16.3. The lowest BCUT2D eigenvalue weighted by molar-refractivity contribution is -0.138. The van der Waals surface area contributed by atoms with Gasteiger partial charge in [0.1, 0.15) is 0 Å². The Balaban J connectivity index is 1.72. The smallest absolute Gasteiger partial charge is 0.361 e. The maximum Gasteiger partial charge on any atom is 0.511 e. The number of H-pyrrole nitrogens is 1. The fourth-order valence-corrected chi connectivity index (χ4v) is 6.98. The molecule has 192 valence electrons. The summed E-state index contributed by atoms with van der Waals surface area (Å²) in [6.45, 7) is 0.399. The molecule has 3 aliphatic carbocycles. The number of rotatable bonds is 5. The predicted molar refractivity (Wildman–Crippen MR) is 115 cm³/mol. The van der Waals surface area contributed by atoms with Gasteiger partial charge in [-0.15, -0.1) is 0 Å². The third-order valence-corrected chi connectivity index (χ3v) is 9.33. The monoisotopic (exact) mass is 522 g/mol. The molecule has 1 aromatic heterocycles. The van der Waals surface area contributed by atoms with Crippen molar-refractivity contribution in [2.45, 2.75) is 63.4 Å². The number of imidazole rings is 1. The number of alkyl halides is 6. The Labute approximate surface area is 198 Å². The van der Waals surface area contributed by atoms with Crippen molar-refractivity contribution < 1.29 is 34.8 Å². The van der Waals surface area contributed by atoms with Gasteiger partial charge in [0.05, 0.1) is 24.1 Å². The fraction of sp³-hybridized carbons (Fsp3) is 0.591. The van der Waals surface area contributed by atoms with E-state index in [1.165, 1.54) is 19.3 Å². The lowest BCUT2D eigenvalue weighted by Crippen LogP contribution is -2.66. The summed E-state index contributed by atoms with van der Waals surface area (Å²) in [6.07, 6.45) is 0.401. The molecule has 1 unspecified atom stereocenters. The van der Waals surface area contributed by atoms with Gasteiger partial charge in [-0.05, 0) is 60.3 Å². The Hall–Kier alpha value is -2.28. The van der Waals surface area contributed by atoms with E-state index in [-0.39, 0.29) is 29.5 Å². The minimum absolute atomic E-state index is 0.0382. The molecule has 2 heterocycles. The summed E-state index contributed by atoms with van der Waals surface area (Å²) in [5.41, 5.74) is -6.18. The zero-order valence-electron chi connectivity index (χ0n) is 18.7. The topological polar surface area (TPSA) is 69.3 Å². The summed E-state index contributed by atoms with van der Waals surface area (Å²) in [5.74, 6) is 0.457. The molecule has 2 bridgehead atoms. The third-order valence-electron chi connectivity index (χ3n) is 7.78. The van der Waals surface area contributed by atoms with Crippen LogP contribution in [0.15, 0.2) is 24.7 Å². The van der Waals surface area contributed by atoms with Crippen LogP contribution in [-0.2, 0) is 35.7 Å². The molecule has 1 aliphatic heterocycles. The van der Waals surface area contributed by atoms with Gasteiger partial charge in [0.25, 0.3) is 0 Å². The molecule has 0 saturated heterocycles. The molecule has 0 amide bonds. The fourth-order valence-electron chi connectivity index (χ4n) is 6.05. The molecule has 1 aromatic carbocycles. The van der Waals surface area contributed by atoms with Gasteiger partial charge in [-0.1, -0.05) is 6.92 Å². The maximum atomic E-state index is 13.8. The Bertz CT molecular complexity index is 1210. The number of aromatic nitrogens is 2. The van der Waals surface area contributed by atoms with Gasteiger partial charge in [-0.3, -0.25) is 0 Å². The lowest BCUT2D eigenvalue weighted by Gasteiger charge is -2.67. The Morgan fingerprint density at radius 1 is 1.14 bits per heavy atom. The van der Waals surface area contributed by atoms with Crippen molar-refractivity contribution in [3.05, 3.63) is 47.0 Å². The average Bonchev–Trinajstić information content (AvgIpc) is 3.14. The van der Waals surface area contributed by atoms with Crippen molar-refractivity contribution in [3.8, 4) is 0 Å². The van der Waals surface area contributed by atoms with E-state index in [2.05, 4.69) is 9.97 Å². The van der Waals surface area contributed by atoms with Crippen LogP contribution in [0.3, 0.4) is 0 Å². The molecule has 0 radical (unpaired) electrons. The maximum absolute atomic E-state index is 13.8. The molecule has 35 heavy (non-hydrogen) atoms. The van der Waals surface area contributed by atoms with Crippen LogP contribution in [0.5, 0.6) is 0 Å². The molecule has 1 atom stereocenters. The van der Waals surface area contributed by atoms with E-state index in [1.54, 1.807) is 11.1 Å². The number of nitrogens with one attached hydrogen (secondary N) is 1. The molecule has 6 rings (SSSR count). The lowest BCUT2D eigenvalue weighted by atomic mass is 9.41. The summed E-state index contributed by atoms with van der Waals surface area (Å²) in [5, 5.41) is 0. The van der Waals surface area contributed by atoms with Crippen molar-refractivity contribution in [2.24, 2.45) is 11.3 Å². The number of benzene rings is 1. The number of nitrogens with zero attached hydrogens (tertiary/aromatic N) is 3. The third kappa shape index (κ3) is 3.81. The highest BCUT2D eigenvalue weighted by molar-refractivity contribution is 7.89. The number of hydrogen-bond acceptors (Lipinski definition) is 4. The largest absolute Gasteiger partial charge is 0.511 e. The van der Waals surface area contributed by atoms with E-state index < -0.39 is 46.4 Å². The molecule has 4 aliphatic rings. The van der Waals surface area contributed by atoms with Crippen LogP contribution in [0, 0.1) is 11.3 Å². The standard InChI is InChI=1S/C22H24F6N4O2S/c1-2-15-16-10-31(35(33,34)22(26,27)28)11-19(20-5-13(6-20)7-20)32(9-14-8-29-12-30-14)18(16)4-3-17(15)21(23,24)25/h3-4,8,12-13,19H,2,5-7,9-11H2,1H3,(H,29,30). The SMILES string of the molecule is CCc1c(C(F)(F)F)ccc2c1CN(S(=O)(=O)C(F)(F)F)CC(C13CC(C1)C3)N2Cc1cnc[nH]1. The van der Waals surface area contributed by atoms with E-state index in [0.29, 0.717) is 21.6 Å². The van der Waals surface area contributed by atoms with E-state index >= 15 is 0 Å². The number of halogens is 6. The minimum atomic E-state index is -5.78. The van der Waals surface area contributed by atoms with Crippen molar-refractivity contribution in [3.63, 3.8) is 0 Å². The van der Waals surface area contributed by atoms with Gasteiger partial charge >= 0.3 is 21.7 Å². The minimum Gasteiger partial charge on any atom is -0.361 e. The van der Waals surface area contributed by atoms with Gasteiger partial charge in [0.2, 0.25) is 0 Å². The Morgan fingerprint density at radius 3 is 2.31 bits per heavy atom. The number of anilines is 1. The van der Waals surface area contributed by atoms with Gasteiger partial charge in [-0.2, -0.15) is 30.6 Å². The summed E-state index contributed by atoms with van der Waals surface area (Å²) in [6, 6.07) is 1.59. The van der Waals surface area contributed by atoms with Crippen LogP contribution in [0.1, 0.15) is 48.6 Å². The number of hydrogen-bond donors (Lipinski definition) is 1. The van der Waals surface area contributed by atoms with E-state index in [9.17, 15) is 34.8 Å². The zero-order chi connectivity index (χ0) is 25.4. The van der Waals surface area contributed by atoms with Crippen LogP contribution >= 0.6 is 0 Å². The number of sulfonamides is 1. The Kier molecular flexibility index (Phi) is 5.48. The van der Waals surface area contributed by atoms with Gasteiger partial charge < -0.3 is 9.88 Å². The van der Waals surface area contributed by atoms with Gasteiger partial charge in [-0.25, -0.2) is 13.4 Å². The molecule has 3 saturated carbocycles.